The van der Waals surface area contributed by atoms with Crippen molar-refractivity contribution in [3.8, 4) is 11.5 Å². The molecule has 0 N–H and O–H groups in total. The number of carbonyl (C=O) groups is 1. The summed E-state index contributed by atoms with van der Waals surface area (Å²) in [6, 6.07) is 13.8. The molecule has 0 radical (unpaired) electrons. The first kappa shape index (κ1) is 22.4. The van der Waals surface area contributed by atoms with E-state index in [1.165, 1.54) is 5.56 Å². The van der Waals surface area contributed by atoms with Crippen LogP contribution in [0, 0.1) is 12.3 Å². The van der Waals surface area contributed by atoms with Crippen LogP contribution in [0.3, 0.4) is 0 Å². The molecular formula is C27H33NO4. The molecule has 170 valence electrons. The lowest BCUT2D eigenvalue weighted by atomic mass is 9.62. The zero-order valence-electron chi connectivity index (χ0n) is 19.7. The summed E-state index contributed by atoms with van der Waals surface area (Å²) in [5.74, 6) is 2.01. The number of nitrogens with zero attached hydrogens (tertiary/aromatic N) is 1. The molecule has 2 aromatic carbocycles. The van der Waals surface area contributed by atoms with Crippen molar-refractivity contribution >= 4 is 5.97 Å². The van der Waals surface area contributed by atoms with Gasteiger partial charge in [-0.3, -0.25) is 4.90 Å². The Kier molecular flexibility index (Phi) is 6.04. The standard InChI is InChI=1S/C27H33NO4/c1-19-8-6-7-9-22(19)25(29)32-21-12-13-27(14-15-28(3)26(27,2)18-21)17-20-10-11-23(30-4)24(16-20)31-5/h6-11,16,18H,12-15,17H2,1-5H3/t26-,27-/m0/s1. The zero-order valence-corrected chi connectivity index (χ0v) is 19.7. The maximum absolute atomic E-state index is 12.8. The Hall–Kier alpha value is -2.79. The summed E-state index contributed by atoms with van der Waals surface area (Å²) in [6.45, 7) is 5.23. The number of likely N-dealkylation sites (tertiary alicyclic amines) is 1. The number of carbonyl (C=O) groups excluding carboxylic acids is 1. The van der Waals surface area contributed by atoms with Crippen LogP contribution in [0.5, 0.6) is 11.5 Å². The van der Waals surface area contributed by atoms with Crippen molar-refractivity contribution in [1.29, 1.82) is 0 Å². The highest BCUT2D eigenvalue weighted by atomic mass is 16.5. The molecule has 4 rings (SSSR count). The highest BCUT2D eigenvalue weighted by Crippen LogP contribution is 2.55. The van der Waals surface area contributed by atoms with Gasteiger partial charge in [-0.05, 0) is 87.5 Å². The molecular weight excluding hydrogens is 402 g/mol. The lowest BCUT2D eigenvalue weighted by molar-refractivity contribution is 0.0491. The van der Waals surface area contributed by atoms with E-state index in [2.05, 4.69) is 37.1 Å². The maximum Gasteiger partial charge on any atom is 0.343 e. The number of hydrogen-bond donors (Lipinski definition) is 0. The maximum atomic E-state index is 12.8. The Balaban J connectivity index is 1.61. The van der Waals surface area contributed by atoms with Gasteiger partial charge in [-0.15, -0.1) is 0 Å². The van der Waals surface area contributed by atoms with Crippen LogP contribution >= 0.6 is 0 Å². The van der Waals surface area contributed by atoms with Crippen molar-refractivity contribution in [3.05, 3.63) is 71.0 Å². The molecule has 1 aliphatic carbocycles. The lowest BCUT2D eigenvalue weighted by Crippen LogP contribution is -2.51. The van der Waals surface area contributed by atoms with Gasteiger partial charge in [0.15, 0.2) is 11.5 Å². The average molecular weight is 436 g/mol. The number of ether oxygens (including phenoxy) is 3. The molecule has 0 unspecified atom stereocenters. The highest BCUT2D eigenvalue weighted by Gasteiger charge is 2.55. The van der Waals surface area contributed by atoms with E-state index in [9.17, 15) is 4.79 Å². The fourth-order valence-corrected chi connectivity index (χ4v) is 5.45. The average Bonchev–Trinajstić information content (AvgIpc) is 3.04. The fourth-order valence-electron chi connectivity index (χ4n) is 5.45. The van der Waals surface area contributed by atoms with E-state index < -0.39 is 0 Å². The van der Waals surface area contributed by atoms with Crippen LogP contribution in [0.4, 0.5) is 0 Å². The van der Waals surface area contributed by atoms with Gasteiger partial charge in [-0.1, -0.05) is 24.3 Å². The first-order valence-corrected chi connectivity index (χ1v) is 11.2. The minimum absolute atomic E-state index is 0.0694. The van der Waals surface area contributed by atoms with Gasteiger partial charge in [0, 0.05) is 12.0 Å². The van der Waals surface area contributed by atoms with Gasteiger partial charge >= 0.3 is 5.97 Å². The Morgan fingerprint density at radius 3 is 2.53 bits per heavy atom. The van der Waals surface area contributed by atoms with Gasteiger partial charge in [0.2, 0.25) is 0 Å². The minimum Gasteiger partial charge on any atom is -0.493 e. The third kappa shape index (κ3) is 3.79. The first-order valence-electron chi connectivity index (χ1n) is 11.2. The number of esters is 1. The number of rotatable bonds is 6. The SMILES string of the molecule is COc1ccc(C[C@@]23CCC(OC(=O)c4ccccc4C)=C[C@]2(C)N(C)CC3)cc1OC. The monoisotopic (exact) mass is 435 g/mol. The molecule has 0 amide bonds. The van der Waals surface area contributed by atoms with Gasteiger partial charge < -0.3 is 14.2 Å². The largest absolute Gasteiger partial charge is 0.493 e. The molecule has 5 heteroatoms. The summed E-state index contributed by atoms with van der Waals surface area (Å²) in [5, 5.41) is 0. The van der Waals surface area contributed by atoms with Crippen LogP contribution in [0.25, 0.3) is 0 Å². The number of benzene rings is 2. The molecule has 1 saturated heterocycles. The Morgan fingerprint density at radius 2 is 1.81 bits per heavy atom. The summed E-state index contributed by atoms with van der Waals surface area (Å²) >= 11 is 0. The van der Waals surface area contributed by atoms with E-state index in [4.69, 9.17) is 14.2 Å². The molecule has 32 heavy (non-hydrogen) atoms. The third-order valence-electron chi connectivity index (χ3n) is 7.66. The van der Waals surface area contributed by atoms with Crippen LogP contribution in [-0.2, 0) is 11.2 Å². The summed E-state index contributed by atoms with van der Waals surface area (Å²) in [6.07, 6.45) is 5.96. The molecule has 1 fully saturated rings. The molecule has 1 heterocycles. The van der Waals surface area contributed by atoms with Crippen LogP contribution in [0.1, 0.15) is 47.7 Å². The Morgan fingerprint density at radius 1 is 1.06 bits per heavy atom. The molecule has 0 saturated carbocycles. The predicted molar refractivity (Wildman–Crippen MR) is 125 cm³/mol. The molecule has 2 aliphatic rings. The number of allylic oxidation sites excluding steroid dienone is 1. The predicted octanol–water partition coefficient (Wildman–Crippen LogP) is 5.17. The number of likely N-dealkylation sites (N-methyl/N-ethyl adjacent to an activating group) is 1. The van der Waals surface area contributed by atoms with Crippen molar-refractivity contribution in [3.63, 3.8) is 0 Å². The van der Waals surface area contributed by atoms with Crippen LogP contribution in [-0.4, -0.2) is 44.2 Å². The summed E-state index contributed by atoms with van der Waals surface area (Å²) in [5.41, 5.74) is 2.67. The zero-order chi connectivity index (χ0) is 22.9. The fraction of sp³-hybridized carbons (Fsp3) is 0.444. The molecule has 5 nitrogen and oxygen atoms in total. The van der Waals surface area contributed by atoms with Gasteiger partial charge in [0.05, 0.1) is 19.8 Å². The lowest BCUT2D eigenvalue weighted by Gasteiger charge is -2.48. The van der Waals surface area contributed by atoms with E-state index in [1.54, 1.807) is 14.2 Å². The van der Waals surface area contributed by atoms with Gasteiger partial charge in [0.25, 0.3) is 0 Å². The van der Waals surface area contributed by atoms with E-state index in [-0.39, 0.29) is 16.9 Å². The number of hydrogen-bond acceptors (Lipinski definition) is 5. The molecule has 1 aliphatic heterocycles. The molecule has 0 spiro atoms. The molecule has 0 bridgehead atoms. The smallest absolute Gasteiger partial charge is 0.343 e. The van der Waals surface area contributed by atoms with Crippen molar-refractivity contribution in [2.45, 2.75) is 45.1 Å². The Bertz CT molecular complexity index is 1050. The van der Waals surface area contributed by atoms with Crippen molar-refractivity contribution in [1.82, 2.24) is 4.90 Å². The summed E-state index contributed by atoms with van der Waals surface area (Å²) < 4.78 is 16.8. The second-order valence-electron chi connectivity index (χ2n) is 9.28. The second-order valence-corrected chi connectivity index (χ2v) is 9.28. The van der Waals surface area contributed by atoms with Crippen molar-refractivity contribution in [2.24, 2.45) is 5.41 Å². The topological polar surface area (TPSA) is 48.0 Å². The van der Waals surface area contributed by atoms with Gasteiger partial charge in [-0.25, -0.2) is 4.79 Å². The van der Waals surface area contributed by atoms with Crippen molar-refractivity contribution < 1.29 is 19.0 Å². The van der Waals surface area contributed by atoms with Crippen LogP contribution in [0.2, 0.25) is 0 Å². The van der Waals surface area contributed by atoms with Crippen LogP contribution < -0.4 is 9.47 Å². The molecule has 0 aromatic heterocycles. The van der Waals surface area contributed by atoms with Crippen molar-refractivity contribution in [2.75, 3.05) is 27.8 Å². The molecule has 2 atom stereocenters. The summed E-state index contributed by atoms with van der Waals surface area (Å²) in [4.78, 5) is 15.2. The van der Waals surface area contributed by atoms with E-state index in [0.29, 0.717) is 5.56 Å². The van der Waals surface area contributed by atoms with E-state index >= 15 is 0 Å². The third-order valence-corrected chi connectivity index (χ3v) is 7.66. The number of aryl methyl sites for hydroxylation is 1. The van der Waals surface area contributed by atoms with E-state index in [0.717, 1.165) is 55.0 Å². The normalized spacial score (nSPS) is 25.1. The first-order chi connectivity index (χ1) is 15.3. The van der Waals surface area contributed by atoms with Gasteiger partial charge in [-0.2, -0.15) is 0 Å². The minimum atomic E-state index is -0.272. The number of methoxy groups -OCH3 is 2. The van der Waals surface area contributed by atoms with Crippen LogP contribution in [0.15, 0.2) is 54.3 Å². The van der Waals surface area contributed by atoms with Gasteiger partial charge in [0.1, 0.15) is 5.76 Å². The quantitative estimate of drug-likeness (QED) is 0.586. The Labute approximate surface area is 191 Å². The molecule has 2 aromatic rings. The van der Waals surface area contributed by atoms with E-state index in [1.807, 2.05) is 37.3 Å². The number of fused-ring (bicyclic) bond motifs is 1. The summed E-state index contributed by atoms with van der Waals surface area (Å²) in [7, 11) is 5.50. The second kappa shape index (κ2) is 8.62. The highest BCUT2D eigenvalue weighted by molar-refractivity contribution is 5.91.